The fraction of sp³-hybridized carbons (Fsp3) is 0.275. The lowest BCUT2D eigenvalue weighted by atomic mass is 9.92. The summed E-state index contributed by atoms with van der Waals surface area (Å²) in [7, 11) is 0. The van der Waals surface area contributed by atoms with Gasteiger partial charge in [0, 0.05) is 23.3 Å². The molecule has 2 aliphatic rings. The summed E-state index contributed by atoms with van der Waals surface area (Å²) in [6.07, 6.45) is 24.3. The Morgan fingerprint density at radius 1 is 0.778 bits per heavy atom. The summed E-state index contributed by atoms with van der Waals surface area (Å²) >= 11 is 0. The molecule has 0 saturated carbocycles. The van der Waals surface area contributed by atoms with Gasteiger partial charge in [-0.1, -0.05) is 125 Å². The molecule has 3 nitrogen and oxygen atoms in total. The van der Waals surface area contributed by atoms with Crippen LogP contribution in [0.2, 0.25) is 0 Å². The normalized spacial score (nSPS) is 14.0. The third kappa shape index (κ3) is 8.21. The Labute approximate surface area is 324 Å². The van der Waals surface area contributed by atoms with Gasteiger partial charge in [0.05, 0.1) is 5.52 Å². The van der Waals surface area contributed by atoms with Crippen molar-refractivity contribution in [2.75, 3.05) is 11.4 Å². The lowest BCUT2D eigenvalue weighted by Crippen LogP contribution is -2.26. The number of nitrogens with zero attached hydrogens (tertiary/aromatic N) is 3. The molecule has 7 rings (SSSR count). The molecule has 0 saturated heterocycles. The van der Waals surface area contributed by atoms with E-state index in [1.54, 1.807) is 0 Å². The van der Waals surface area contributed by atoms with E-state index in [4.69, 9.17) is 4.98 Å². The van der Waals surface area contributed by atoms with Crippen LogP contribution in [0.5, 0.6) is 0 Å². The van der Waals surface area contributed by atoms with E-state index in [0.29, 0.717) is 6.54 Å². The van der Waals surface area contributed by atoms with E-state index in [9.17, 15) is 0 Å². The fourth-order valence-corrected chi connectivity index (χ4v) is 8.10. The maximum Gasteiger partial charge on any atom is 0.140 e. The van der Waals surface area contributed by atoms with Gasteiger partial charge in [-0.05, 0) is 132 Å². The number of anilines is 1. The summed E-state index contributed by atoms with van der Waals surface area (Å²) in [5.74, 6) is 1.93. The van der Waals surface area contributed by atoms with E-state index in [-0.39, 0.29) is 0 Å². The van der Waals surface area contributed by atoms with Crippen molar-refractivity contribution in [2.24, 2.45) is 0 Å². The summed E-state index contributed by atoms with van der Waals surface area (Å²) in [4.78, 5) is 8.04. The minimum Gasteiger partial charge on any atom is -0.326 e. The van der Waals surface area contributed by atoms with Gasteiger partial charge in [0.15, 0.2) is 0 Å². The third-order valence-electron chi connectivity index (χ3n) is 10.6. The Kier molecular flexibility index (Phi) is 13.2. The first kappa shape index (κ1) is 38.3. The molecule has 0 spiro atoms. The minimum absolute atomic E-state index is 0.678. The topological polar surface area (TPSA) is 21.1 Å². The van der Waals surface area contributed by atoms with Crippen LogP contribution in [0.3, 0.4) is 0 Å². The number of para-hydroxylation sites is 1. The largest absolute Gasteiger partial charge is 0.326 e. The molecule has 54 heavy (non-hydrogen) atoms. The first-order valence-corrected chi connectivity index (χ1v) is 20.2. The van der Waals surface area contributed by atoms with Crippen molar-refractivity contribution in [3.8, 4) is 28.1 Å². The van der Waals surface area contributed by atoms with Crippen LogP contribution in [0, 0.1) is 0 Å². The van der Waals surface area contributed by atoms with E-state index < -0.39 is 0 Å². The van der Waals surface area contributed by atoms with Crippen LogP contribution in [0.1, 0.15) is 89.5 Å². The van der Waals surface area contributed by atoms with Crippen LogP contribution < -0.4 is 4.90 Å². The van der Waals surface area contributed by atoms with Gasteiger partial charge in [0.1, 0.15) is 11.6 Å². The van der Waals surface area contributed by atoms with Gasteiger partial charge in [-0.25, -0.2) is 4.98 Å². The van der Waals surface area contributed by atoms with Crippen molar-refractivity contribution in [3.63, 3.8) is 0 Å². The quantitative estimate of drug-likeness (QED) is 0.113. The van der Waals surface area contributed by atoms with Gasteiger partial charge in [-0.2, -0.15) is 0 Å². The van der Waals surface area contributed by atoms with E-state index >= 15 is 0 Å². The molecular weight excluding hydrogens is 655 g/mol. The second kappa shape index (κ2) is 18.6. The highest BCUT2D eigenvalue weighted by Crippen LogP contribution is 2.39. The summed E-state index contributed by atoms with van der Waals surface area (Å²) in [6.45, 7) is 17.6. The number of allylic oxidation sites excluding steroid dienone is 9. The smallest absolute Gasteiger partial charge is 0.140 e. The lowest BCUT2D eigenvalue weighted by Gasteiger charge is -2.29. The first-order chi connectivity index (χ1) is 26.6. The highest BCUT2D eigenvalue weighted by Gasteiger charge is 2.24. The van der Waals surface area contributed by atoms with E-state index in [1.807, 2.05) is 26.0 Å². The van der Waals surface area contributed by atoms with E-state index in [2.05, 4.69) is 152 Å². The van der Waals surface area contributed by atoms with E-state index in [0.717, 1.165) is 62.1 Å². The number of benzene rings is 3. The summed E-state index contributed by atoms with van der Waals surface area (Å²) in [5, 5.41) is 1.36. The van der Waals surface area contributed by atoms with Crippen molar-refractivity contribution < 1.29 is 0 Å². The van der Waals surface area contributed by atoms with Crippen molar-refractivity contribution in [2.45, 2.75) is 85.5 Å². The van der Waals surface area contributed by atoms with Gasteiger partial charge < -0.3 is 4.90 Å². The predicted molar refractivity (Wildman–Crippen MR) is 235 cm³/mol. The Bertz CT molecular complexity index is 2200. The average Bonchev–Trinajstić information content (AvgIpc) is 3.34. The van der Waals surface area contributed by atoms with Crippen LogP contribution in [-0.4, -0.2) is 16.1 Å². The zero-order valence-electron chi connectivity index (χ0n) is 33.0. The molecule has 0 fully saturated rings. The number of aromatic nitrogens is 2. The van der Waals surface area contributed by atoms with Crippen LogP contribution >= 0.6 is 0 Å². The lowest BCUT2D eigenvalue weighted by molar-refractivity contribution is 0.664. The predicted octanol–water partition coefficient (Wildman–Crippen LogP) is 14.2. The average molecular weight is 712 g/mol. The minimum atomic E-state index is 0.678. The van der Waals surface area contributed by atoms with Crippen molar-refractivity contribution in [3.05, 3.63) is 169 Å². The van der Waals surface area contributed by atoms with Gasteiger partial charge >= 0.3 is 0 Å². The van der Waals surface area contributed by atoms with Gasteiger partial charge in [0.25, 0.3) is 0 Å². The Hall–Kier alpha value is -5.41. The molecule has 2 aromatic heterocycles. The van der Waals surface area contributed by atoms with Gasteiger partial charge in [-0.3, -0.25) is 4.57 Å². The van der Waals surface area contributed by atoms with Gasteiger partial charge in [0.2, 0.25) is 0 Å². The maximum atomic E-state index is 5.62. The molecule has 0 unspecified atom stereocenters. The fourth-order valence-electron chi connectivity index (χ4n) is 8.10. The molecule has 0 bridgehead atoms. The molecule has 5 aromatic rings. The monoisotopic (exact) mass is 711 g/mol. The number of hydrogen-bond acceptors (Lipinski definition) is 2. The number of aryl methyl sites for hydroxylation is 1. The van der Waals surface area contributed by atoms with Crippen LogP contribution in [0.15, 0.2) is 152 Å². The molecule has 2 heterocycles. The number of rotatable bonds is 13. The zero-order valence-corrected chi connectivity index (χ0v) is 33.0. The number of hydrogen-bond donors (Lipinski definition) is 0. The van der Waals surface area contributed by atoms with Crippen molar-refractivity contribution in [1.29, 1.82) is 0 Å². The SMILES string of the molecule is C=CC/C(CC)=C(/CCC)N(CC=C)c1cc(-c2cc(C3=CC=CC=CC3)cc(-c3ccccc3)c2)cc(-n2c3c(c4ccccc42)CCCC3)n1.CC. The molecule has 0 aliphatic heterocycles. The second-order valence-corrected chi connectivity index (χ2v) is 14.0. The Morgan fingerprint density at radius 3 is 2.26 bits per heavy atom. The molecule has 276 valence electrons. The number of fused-ring (bicyclic) bond motifs is 3. The number of pyridine rings is 1. The molecule has 0 atom stereocenters. The van der Waals surface area contributed by atoms with Crippen LogP contribution in [0.4, 0.5) is 5.82 Å². The highest BCUT2D eigenvalue weighted by atomic mass is 15.2. The van der Waals surface area contributed by atoms with Crippen molar-refractivity contribution in [1.82, 2.24) is 9.55 Å². The Morgan fingerprint density at radius 2 is 1.50 bits per heavy atom. The maximum absolute atomic E-state index is 5.62. The standard InChI is InChI=1S/C49H51N3.C2H6/c1-5-20-36(8-4)45(21-6-2)51(30-7-3)48-34-42(35-49(50-48)52-46-28-18-16-26-43(46)44-27-17-19-29-47(44)52)41-32-39(37-22-12-9-10-13-23-37)31-40(33-41)38-24-14-11-15-25-38;1-2/h5,7,9-16,18,22,24-26,28,31-35H,1,3,6,8,17,19-21,23,27,29-30H2,2,4H3;1-2H3/b45-36-;. The third-order valence-corrected chi connectivity index (χ3v) is 10.6. The summed E-state index contributed by atoms with van der Waals surface area (Å²) in [5.41, 5.74) is 14.2. The molecular formula is C51H57N3. The molecule has 2 aliphatic carbocycles. The molecule has 0 radical (unpaired) electrons. The van der Waals surface area contributed by atoms with E-state index in [1.165, 1.54) is 74.1 Å². The second-order valence-electron chi connectivity index (χ2n) is 14.0. The van der Waals surface area contributed by atoms with Crippen molar-refractivity contribution >= 4 is 22.3 Å². The molecule has 0 N–H and O–H groups in total. The summed E-state index contributed by atoms with van der Waals surface area (Å²) in [6, 6.07) is 31.5. The van der Waals surface area contributed by atoms with Crippen LogP contribution in [-0.2, 0) is 12.8 Å². The highest BCUT2D eigenvalue weighted by molar-refractivity contribution is 5.88. The molecule has 3 aromatic carbocycles. The molecule has 3 heteroatoms. The zero-order chi connectivity index (χ0) is 37.9. The Balaban J connectivity index is 0.00000245. The molecule has 0 amide bonds. The van der Waals surface area contributed by atoms with Gasteiger partial charge in [-0.15, -0.1) is 13.2 Å². The first-order valence-electron chi connectivity index (χ1n) is 20.2. The van der Waals surface area contributed by atoms with Crippen LogP contribution in [0.25, 0.3) is 44.5 Å². The summed E-state index contributed by atoms with van der Waals surface area (Å²) < 4.78 is 2.47.